The van der Waals surface area contributed by atoms with Crippen molar-refractivity contribution >= 4 is 28.9 Å². The number of hydrogen-bond donors (Lipinski definition) is 2. The number of halogens is 5. The second-order valence-corrected chi connectivity index (χ2v) is 7.39. The van der Waals surface area contributed by atoms with Crippen molar-refractivity contribution in [3.8, 4) is 0 Å². The van der Waals surface area contributed by atoms with Crippen LogP contribution in [-0.2, 0) is 22.3 Å². The molecule has 1 aliphatic rings. The molecule has 2 N–H and O–H groups in total. The minimum atomic E-state index is -4.73. The smallest absolute Gasteiger partial charge is 0.380 e. The Morgan fingerprint density at radius 3 is 2.76 bits per heavy atom. The molecule has 0 unspecified atom stereocenters. The number of aromatic nitrogens is 1. The number of anilines is 2. The molecule has 1 saturated heterocycles. The first kappa shape index (κ1) is 21.3. The maximum atomic E-state index is 14.0. The van der Waals surface area contributed by atoms with Crippen molar-refractivity contribution in [1.82, 2.24) is 10.3 Å². The summed E-state index contributed by atoms with van der Waals surface area (Å²) in [5.74, 6) is -1.25. The summed E-state index contributed by atoms with van der Waals surface area (Å²) < 4.78 is 58.6. The van der Waals surface area contributed by atoms with Crippen LogP contribution < -0.4 is 10.6 Å². The van der Waals surface area contributed by atoms with Gasteiger partial charge in [-0.15, -0.1) is 0 Å². The highest BCUT2D eigenvalue weighted by molar-refractivity contribution is 6.31. The lowest BCUT2D eigenvalue weighted by Gasteiger charge is -2.20. The summed E-state index contributed by atoms with van der Waals surface area (Å²) in [4.78, 5) is 16.4. The van der Waals surface area contributed by atoms with Gasteiger partial charge in [0.15, 0.2) is 0 Å². The van der Waals surface area contributed by atoms with E-state index in [9.17, 15) is 22.4 Å². The monoisotopic (exact) mass is 431 g/mol. The molecule has 1 aliphatic heterocycles. The number of pyridine rings is 1. The van der Waals surface area contributed by atoms with E-state index in [0.717, 1.165) is 18.2 Å². The van der Waals surface area contributed by atoms with Crippen LogP contribution in [0.4, 0.5) is 28.9 Å². The third-order valence-electron chi connectivity index (χ3n) is 4.69. The van der Waals surface area contributed by atoms with Gasteiger partial charge in [0.05, 0.1) is 52.4 Å². The zero-order valence-corrected chi connectivity index (χ0v) is 16.1. The van der Waals surface area contributed by atoms with Crippen molar-refractivity contribution in [2.75, 3.05) is 18.5 Å². The van der Waals surface area contributed by atoms with Crippen molar-refractivity contribution in [2.45, 2.75) is 26.1 Å². The highest BCUT2D eigenvalue weighted by atomic mass is 35.5. The molecule has 0 spiro atoms. The number of amides is 1. The molecule has 5 nitrogen and oxygen atoms in total. The topological polar surface area (TPSA) is 63.2 Å². The SMILES string of the molecule is C[C@@]1(C(=O)NCc2ncc(Nc3c(F)cccc3C(F)(F)F)cc2Cl)CCOC1. The van der Waals surface area contributed by atoms with Gasteiger partial charge in [0.2, 0.25) is 5.91 Å². The fraction of sp³-hybridized carbons (Fsp3) is 0.368. The van der Waals surface area contributed by atoms with Crippen LogP contribution in [-0.4, -0.2) is 24.1 Å². The van der Waals surface area contributed by atoms with E-state index in [2.05, 4.69) is 15.6 Å². The van der Waals surface area contributed by atoms with E-state index in [4.69, 9.17) is 16.3 Å². The lowest BCUT2D eigenvalue weighted by molar-refractivity contribution is -0.137. The number of para-hydroxylation sites is 1. The zero-order chi connectivity index (χ0) is 21.2. The average molecular weight is 432 g/mol. The zero-order valence-electron chi connectivity index (χ0n) is 15.4. The van der Waals surface area contributed by atoms with E-state index >= 15 is 0 Å². The molecule has 2 heterocycles. The Morgan fingerprint density at radius 2 is 2.14 bits per heavy atom. The maximum absolute atomic E-state index is 14.0. The van der Waals surface area contributed by atoms with Crippen molar-refractivity contribution in [1.29, 1.82) is 0 Å². The lowest BCUT2D eigenvalue weighted by atomic mass is 9.89. The molecular formula is C19H18ClF4N3O2. The first-order chi connectivity index (χ1) is 13.6. The van der Waals surface area contributed by atoms with Crippen LogP contribution in [0.5, 0.6) is 0 Å². The third kappa shape index (κ3) is 4.79. The molecule has 1 aromatic heterocycles. The third-order valence-corrected chi connectivity index (χ3v) is 5.02. The maximum Gasteiger partial charge on any atom is 0.418 e. The number of hydrogen-bond acceptors (Lipinski definition) is 4. The van der Waals surface area contributed by atoms with E-state index in [-0.39, 0.29) is 23.2 Å². The van der Waals surface area contributed by atoms with Crippen LogP contribution in [0, 0.1) is 11.2 Å². The summed E-state index contributed by atoms with van der Waals surface area (Å²) in [6.45, 7) is 2.68. The Bertz CT molecular complexity index is 915. The average Bonchev–Trinajstić information content (AvgIpc) is 3.09. The fourth-order valence-electron chi connectivity index (χ4n) is 2.92. The van der Waals surface area contributed by atoms with Gasteiger partial charge in [-0.1, -0.05) is 17.7 Å². The molecule has 3 rings (SSSR count). The Kier molecular flexibility index (Phi) is 6.00. The summed E-state index contributed by atoms with van der Waals surface area (Å²) in [7, 11) is 0. The Balaban J connectivity index is 1.73. The van der Waals surface area contributed by atoms with E-state index < -0.39 is 28.7 Å². The highest BCUT2D eigenvalue weighted by Crippen LogP contribution is 2.37. The summed E-state index contributed by atoms with van der Waals surface area (Å²) in [5.41, 5.74) is -2.06. The number of alkyl halides is 3. The first-order valence-electron chi connectivity index (χ1n) is 8.73. The van der Waals surface area contributed by atoms with Gasteiger partial charge in [0.25, 0.3) is 0 Å². The van der Waals surface area contributed by atoms with Gasteiger partial charge in [0.1, 0.15) is 5.82 Å². The summed E-state index contributed by atoms with van der Waals surface area (Å²) in [6.07, 6.45) is -2.90. The van der Waals surface area contributed by atoms with E-state index in [0.29, 0.717) is 25.3 Å². The predicted octanol–water partition coefficient (Wildman–Crippen LogP) is 4.68. The number of carbonyl (C=O) groups is 1. The largest absolute Gasteiger partial charge is 0.418 e. The van der Waals surface area contributed by atoms with Gasteiger partial charge in [0, 0.05) is 6.61 Å². The molecular weight excluding hydrogens is 414 g/mol. The number of carbonyl (C=O) groups excluding carboxylic acids is 1. The van der Waals surface area contributed by atoms with E-state index in [1.54, 1.807) is 6.92 Å². The van der Waals surface area contributed by atoms with Crippen molar-refractivity contribution in [3.05, 3.63) is 52.6 Å². The Hall–Kier alpha value is -2.39. The van der Waals surface area contributed by atoms with Crippen molar-refractivity contribution in [2.24, 2.45) is 5.41 Å². The summed E-state index contributed by atoms with van der Waals surface area (Å²) in [5, 5.41) is 5.24. The molecule has 0 bridgehead atoms. The molecule has 2 aromatic rings. The minimum Gasteiger partial charge on any atom is -0.380 e. The van der Waals surface area contributed by atoms with Crippen molar-refractivity contribution < 1.29 is 27.1 Å². The Morgan fingerprint density at radius 1 is 1.38 bits per heavy atom. The number of nitrogens with one attached hydrogen (secondary N) is 2. The lowest BCUT2D eigenvalue weighted by Crippen LogP contribution is -2.39. The normalized spacial score (nSPS) is 19.2. The molecule has 1 amide bonds. The minimum absolute atomic E-state index is 0.0427. The Labute approximate surface area is 169 Å². The number of nitrogens with zero attached hydrogens (tertiary/aromatic N) is 1. The van der Waals surface area contributed by atoms with Crippen LogP contribution in [0.25, 0.3) is 0 Å². The molecule has 1 atom stereocenters. The molecule has 1 aromatic carbocycles. The molecule has 1 fully saturated rings. The number of benzene rings is 1. The standard InChI is InChI=1S/C19H18ClF4N3O2/c1-18(5-6-29-10-18)17(28)26-9-15-13(20)7-11(8-25-15)27-16-12(19(22,23)24)3-2-4-14(16)21/h2-4,7-8,27H,5-6,9-10H2,1H3,(H,26,28)/t18-/m1/s1. The van der Waals surface area contributed by atoms with Crippen LogP contribution in [0.15, 0.2) is 30.5 Å². The molecule has 0 radical (unpaired) electrons. The summed E-state index contributed by atoms with van der Waals surface area (Å²) >= 11 is 6.15. The van der Waals surface area contributed by atoms with Crippen molar-refractivity contribution in [3.63, 3.8) is 0 Å². The molecule has 156 valence electrons. The van der Waals surface area contributed by atoms with Gasteiger partial charge >= 0.3 is 6.18 Å². The second kappa shape index (κ2) is 8.16. The number of ether oxygens (including phenoxy) is 1. The van der Waals surface area contributed by atoms with Gasteiger partial charge in [-0.2, -0.15) is 13.2 Å². The van der Waals surface area contributed by atoms with Crippen LogP contribution >= 0.6 is 11.6 Å². The summed E-state index contributed by atoms with van der Waals surface area (Å²) in [6, 6.07) is 4.00. The molecule has 0 aliphatic carbocycles. The van der Waals surface area contributed by atoms with E-state index in [1.807, 2.05) is 0 Å². The fourth-order valence-corrected chi connectivity index (χ4v) is 3.15. The van der Waals surface area contributed by atoms with Gasteiger partial charge < -0.3 is 15.4 Å². The molecule has 10 heteroatoms. The van der Waals surface area contributed by atoms with Crippen LogP contribution in [0.2, 0.25) is 5.02 Å². The van der Waals surface area contributed by atoms with E-state index in [1.165, 1.54) is 12.3 Å². The van der Waals surface area contributed by atoms with Gasteiger partial charge in [-0.25, -0.2) is 4.39 Å². The molecule has 0 saturated carbocycles. The first-order valence-corrected chi connectivity index (χ1v) is 9.11. The van der Waals surface area contributed by atoms with Gasteiger partial charge in [-0.05, 0) is 31.5 Å². The number of rotatable bonds is 5. The quantitative estimate of drug-likeness (QED) is 0.675. The predicted molar refractivity (Wildman–Crippen MR) is 99.3 cm³/mol. The highest BCUT2D eigenvalue weighted by Gasteiger charge is 2.37. The second-order valence-electron chi connectivity index (χ2n) is 6.98. The van der Waals surface area contributed by atoms with Gasteiger partial charge in [-0.3, -0.25) is 9.78 Å². The molecule has 29 heavy (non-hydrogen) atoms. The van der Waals surface area contributed by atoms with Crippen LogP contribution in [0.1, 0.15) is 24.6 Å². The van der Waals surface area contributed by atoms with Crippen LogP contribution in [0.3, 0.4) is 0 Å².